The average molecular weight is 116 g/mol. The van der Waals surface area contributed by atoms with E-state index in [9.17, 15) is 0 Å². The highest BCUT2D eigenvalue weighted by Crippen LogP contribution is 1.91. The molecule has 46 valence electrons. The van der Waals surface area contributed by atoms with E-state index in [4.69, 9.17) is 12.2 Å². The van der Waals surface area contributed by atoms with Gasteiger partial charge in [-0.1, -0.05) is 13.1 Å². The third-order valence-electron chi connectivity index (χ3n) is 0.602. The van der Waals surface area contributed by atoms with Crippen molar-refractivity contribution in [2.75, 3.05) is 7.11 Å². The van der Waals surface area contributed by atoms with E-state index in [1.165, 1.54) is 19.4 Å². The van der Waals surface area contributed by atoms with Gasteiger partial charge in [0.15, 0.2) is 0 Å². The summed E-state index contributed by atoms with van der Waals surface area (Å²) in [6.07, 6.45) is 2.05. The second-order valence-corrected chi connectivity index (χ2v) is 1.07. The minimum Gasteiger partial charge on any atom is -0.470 e. The largest absolute Gasteiger partial charge is 0.470 e. The molecule has 0 saturated carbocycles. The Labute approximate surface area is 52.2 Å². The van der Waals surface area contributed by atoms with E-state index in [0.717, 1.165) is 13.1 Å². The standard InChI is InChI=1S/C6H10O2/c1-4-6(7-3)8-5-2/h4-6H,1-2H2,3H3/i1D,2D. The number of hydrogen-bond acceptors (Lipinski definition) is 2. The zero-order chi connectivity index (χ0) is 7.82. The molecule has 0 aliphatic heterocycles. The molecule has 0 spiro atoms. The van der Waals surface area contributed by atoms with Gasteiger partial charge in [-0.25, -0.2) is 0 Å². The molecule has 1 atom stereocenters. The van der Waals surface area contributed by atoms with Gasteiger partial charge in [-0.05, 0) is 6.08 Å². The lowest BCUT2D eigenvalue weighted by atomic mass is 10.6. The average Bonchev–Trinajstić information content (AvgIpc) is 1.98. The van der Waals surface area contributed by atoms with Crippen LogP contribution in [0.15, 0.2) is 25.4 Å². The molecular weight excluding hydrogens is 104 g/mol. The monoisotopic (exact) mass is 116 g/mol. The van der Waals surface area contributed by atoms with Crippen LogP contribution in [0.3, 0.4) is 0 Å². The number of ether oxygens (including phenoxy) is 2. The van der Waals surface area contributed by atoms with Gasteiger partial charge in [-0.15, -0.1) is 0 Å². The third kappa shape index (κ3) is 2.42. The summed E-state index contributed by atoms with van der Waals surface area (Å²) >= 11 is 0. The molecule has 0 aliphatic carbocycles. The lowest BCUT2D eigenvalue weighted by Crippen LogP contribution is -2.06. The van der Waals surface area contributed by atoms with E-state index in [0.29, 0.717) is 0 Å². The summed E-state index contributed by atoms with van der Waals surface area (Å²) in [4.78, 5) is 0. The van der Waals surface area contributed by atoms with Crippen LogP contribution in [0.5, 0.6) is 0 Å². The Hall–Kier alpha value is -0.760. The summed E-state index contributed by atoms with van der Waals surface area (Å²) in [7, 11) is 1.46. The van der Waals surface area contributed by atoms with Crippen molar-refractivity contribution in [3.63, 3.8) is 0 Å². The van der Waals surface area contributed by atoms with Crippen LogP contribution in [-0.4, -0.2) is 13.4 Å². The summed E-state index contributed by atoms with van der Waals surface area (Å²) < 4.78 is 22.7. The molecule has 1 unspecified atom stereocenters. The molecule has 0 aromatic carbocycles. The molecule has 0 N–H and O–H groups in total. The SMILES string of the molecule is [2H]C=COC(C=C[2H])OC. The molecule has 8 heavy (non-hydrogen) atoms. The van der Waals surface area contributed by atoms with Gasteiger partial charge in [0.25, 0.3) is 0 Å². The second kappa shape index (κ2) is 4.40. The van der Waals surface area contributed by atoms with Crippen LogP contribution in [0.4, 0.5) is 0 Å². The maximum atomic E-state index is 6.66. The number of rotatable bonds is 4. The molecule has 2 heteroatoms. The number of hydrogen-bond donors (Lipinski definition) is 0. The van der Waals surface area contributed by atoms with Crippen LogP contribution in [-0.2, 0) is 9.47 Å². The van der Waals surface area contributed by atoms with Crippen LogP contribution >= 0.6 is 0 Å². The van der Waals surface area contributed by atoms with Crippen LogP contribution < -0.4 is 0 Å². The molecule has 0 fully saturated rings. The smallest absolute Gasteiger partial charge is 0.218 e. The first-order valence-corrected chi connectivity index (χ1v) is 2.12. The minimum absolute atomic E-state index is 0.556. The third-order valence-corrected chi connectivity index (χ3v) is 0.602. The molecule has 0 heterocycles. The zero-order valence-electron chi connectivity index (χ0n) is 6.70. The van der Waals surface area contributed by atoms with Crippen molar-refractivity contribution in [1.82, 2.24) is 0 Å². The first kappa shape index (κ1) is 4.15. The van der Waals surface area contributed by atoms with Gasteiger partial charge in [0.05, 0.1) is 9.00 Å². The quantitative estimate of drug-likeness (QED) is 0.313. The normalized spacial score (nSPS) is 18.6. The van der Waals surface area contributed by atoms with E-state index in [1.54, 1.807) is 0 Å². The Bertz CT molecular complexity index is 123. The highest BCUT2D eigenvalue weighted by molar-refractivity contribution is 4.73. The van der Waals surface area contributed by atoms with Crippen molar-refractivity contribution in [2.45, 2.75) is 6.29 Å². The van der Waals surface area contributed by atoms with Crippen molar-refractivity contribution in [3.05, 3.63) is 25.4 Å². The Morgan fingerprint density at radius 3 is 3.12 bits per heavy atom. The fraction of sp³-hybridized carbons (Fsp3) is 0.333. The number of methoxy groups -OCH3 is 1. The van der Waals surface area contributed by atoms with E-state index >= 15 is 0 Å². The fourth-order valence-corrected chi connectivity index (χ4v) is 0.257. The Balaban J connectivity index is 3.60. The second-order valence-electron chi connectivity index (χ2n) is 1.07. The molecule has 0 radical (unpaired) electrons. The molecule has 0 saturated heterocycles. The van der Waals surface area contributed by atoms with Crippen molar-refractivity contribution in [3.8, 4) is 0 Å². The minimum atomic E-state index is -0.556. The zero-order valence-corrected chi connectivity index (χ0v) is 4.70. The van der Waals surface area contributed by atoms with E-state index in [-0.39, 0.29) is 0 Å². The topological polar surface area (TPSA) is 18.5 Å². The van der Waals surface area contributed by atoms with Gasteiger partial charge >= 0.3 is 0 Å². The highest BCUT2D eigenvalue weighted by Gasteiger charge is 1.94. The first-order chi connectivity index (χ1) is 4.85. The molecular formula is C6H10O2. The van der Waals surface area contributed by atoms with Crippen molar-refractivity contribution >= 4 is 0 Å². The van der Waals surface area contributed by atoms with Gasteiger partial charge in [0.2, 0.25) is 6.29 Å². The maximum absolute atomic E-state index is 6.66. The molecule has 2 nitrogen and oxygen atoms in total. The molecule has 0 aliphatic rings. The Kier molecular flexibility index (Phi) is 2.28. The van der Waals surface area contributed by atoms with Crippen LogP contribution in [0.2, 0.25) is 0 Å². The van der Waals surface area contributed by atoms with Gasteiger partial charge in [0.1, 0.15) is 0 Å². The summed E-state index contributed by atoms with van der Waals surface area (Å²) in [5.74, 6) is 0. The van der Waals surface area contributed by atoms with E-state index < -0.39 is 6.29 Å². The van der Waals surface area contributed by atoms with Gasteiger partial charge in [0, 0.05) is 7.11 Å². The summed E-state index contributed by atoms with van der Waals surface area (Å²) in [6.45, 7) is 2.08. The van der Waals surface area contributed by atoms with E-state index in [1.807, 2.05) is 0 Å². The van der Waals surface area contributed by atoms with Gasteiger partial charge in [-0.2, -0.15) is 0 Å². The van der Waals surface area contributed by atoms with Crippen molar-refractivity contribution in [2.24, 2.45) is 0 Å². The Morgan fingerprint density at radius 2 is 2.62 bits per heavy atom. The van der Waals surface area contributed by atoms with Crippen LogP contribution in [0.1, 0.15) is 2.74 Å². The lowest BCUT2D eigenvalue weighted by molar-refractivity contribution is -0.0452. The lowest BCUT2D eigenvalue weighted by Gasteiger charge is -2.07. The van der Waals surface area contributed by atoms with Crippen LogP contribution in [0, 0.1) is 0 Å². The Morgan fingerprint density at radius 1 is 1.75 bits per heavy atom. The molecule has 0 bridgehead atoms. The highest BCUT2D eigenvalue weighted by atomic mass is 16.7. The summed E-state index contributed by atoms with van der Waals surface area (Å²) in [5.41, 5.74) is 0. The predicted molar refractivity (Wildman–Crippen MR) is 32.3 cm³/mol. The van der Waals surface area contributed by atoms with Gasteiger partial charge in [-0.3, -0.25) is 0 Å². The molecule has 0 aromatic rings. The maximum Gasteiger partial charge on any atom is 0.218 e. The van der Waals surface area contributed by atoms with Gasteiger partial charge < -0.3 is 9.47 Å². The van der Waals surface area contributed by atoms with Crippen molar-refractivity contribution in [1.29, 1.82) is 0 Å². The first-order valence-electron chi connectivity index (χ1n) is 3.27. The van der Waals surface area contributed by atoms with E-state index in [2.05, 4.69) is 0 Å². The molecule has 0 aromatic heterocycles. The summed E-state index contributed by atoms with van der Waals surface area (Å²) in [6, 6.07) is 0. The van der Waals surface area contributed by atoms with Crippen molar-refractivity contribution < 1.29 is 12.2 Å². The molecule has 0 amide bonds. The predicted octanol–water partition coefficient (Wildman–Crippen LogP) is 1.30. The fourth-order valence-electron chi connectivity index (χ4n) is 0.257. The summed E-state index contributed by atoms with van der Waals surface area (Å²) in [5, 5.41) is 0. The molecule has 0 rings (SSSR count). The van der Waals surface area contributed by atoms with Crippen LogP contribution in [0.25, 0.3) is 0 Å².